The summed E-state index contributed by atoms with van der Waals surface area (Å²) in [5.74, 6) is 0. The van der Waals surface area contributed by atoms with E-state index < -0.39 is 0 Å². The molecule has 1 heterocycles. The van der Waals surface area contributed by atoms with E-state index in [-0.39, 0.29) is 30.3 Å². The lowest BCUT2D eigenvalue weighted by molar-refractivity contribution is -0.00531. The fourth-order valence-corrected chi connectivity index (χ4v) is 1.68. The van der Waals surface area contributed by atoms with E-state index in [1.54, 1.807) is 0 Å². The van der Waals surface area contributed by atoms with E-state index in [0.29, 0.717) is 0 Å². The molecule has 2 N–H and O–H groups in total. The molecule has 1 unspecified atom stereocenters. The lowest BCUT2D eigenvalue weighted by atomic mass is 10.1. The summed E-state index contributed by atoms with van der Waals surface area (Å²) >= 11 is 0. The van der Waals surface area contributed by atoms with Gasteiger partial charge in [-0.15, -0.1) is 12.4 Å². The Labute approximate surface area is 86.3 Å². The van der Waals surface area contributed by atoms with E-state index in [1.165, 1.54) is 0 Å². The minimum absolute atomic E-state index is 0. The number of aliphatic hydroxyl groups is 1. The number of rotatable bonds is 3. The number of hydrogen-bond donors (Lipinski definition) is 2. The van der Waals surface area contributed by atoms with Gasteiger partial charge >= 0.3 is 0 Å². The Kier molecular flexibility index (Phi) is 4.66. The normalized spacial score (nSPS) is 31.4. The molecule has 0 bridgehead atoms. The molecule has 0 amide bonds. The predicted molar refractivity (Wildman–Crippen MR) is 55.1 cm³/mol. The Bertz CT molecular complexity index is 164. The summed E-state index contributed by atoms with van der Waals surface area (Å²) < 4.78 is 5.64. The van der Waals surface area contributed by atoms with Gasteiger partial charge in [-0.3, -0.25) is 5.32 Å². The lowest BCUT2D eigenvalue weighted by Gasteiger charge is -2.26. The Morgan fingerprint density at radius 1 is 1.38 bits per heavy atom. The fraction of sp³-hybridized carbons (Fsp3) is 1.00. The van der Waals surface area contributed by atoms with Crippen LogP contribution in [0.2, 0.25) is 0 Å². The molecule has 1 aliphatic rings. The maximum atomic E-state index is 8.69. The van der Waals surface area contributed by atoms with Crippen LogP contribution in [-0.2, 0) is 4.74 Å². The number of hydrogen-bond acceptors (Lipinski definition) is 3. The van der Waals surface area contributed by atoms with Crippen LogP contribution < -0.4 is 5.32 Å². The molecule has 80 valence electrons. The van der Waals surface area contributed by atoms with Crippen molar-refractivity contribution in [2.75, 3.05) is 13.2 Å². The zero-order valence-electron chi connectivity index (χ0n) is 8.59. The van der Waals surface area contributed by atoms with Crippen LogP contribution in [0.1, 0.15) is 33.6 Å². The number of ether oxygens (including phenoxy) is 1. The van der Waals surface area contributed by atoms with Gasteiger partial charge in [0.15, 0.2) is 0 Å². The molecular formula is C9H20ClNO2. The van der Waals surface area contributed by atoms with Crippen molar-refractivity contribution >= 4 is 12.4 Å². The molecule has 1 saturated heterocycles. The highest BCUT2D eigenvalue weighted by Crippen LogP contribution is 2.26. The summed E-state index contributed by atoms with van der Waals surface area (Å²) in [4.78, 5) is 0. The number of nitrogens with one attached hydrogen (secondary N) is 1. The van der Waals surface area contributed by atoms with Crippen molar-refractivity contribution < 1.29 is 9.84 Å². The summed E-state index contributed by atoms with van der Waals surface area (Å²) in [6.07, 6.45) is 1.66. The van der Waals surface area contributed by atoms with E-state index in [4.69, 9.17) is 9.84 Å². The van der Waals surface area contributed by atoms with Crippen LogP contribution in [-0.4, -0.2) is 29.6 Å². The van der Waals surface area contributed by atoms with Gasteiger partial charge in [0.25, 0.3) is 0 Å². The van der Waals surface area contributed by atoms with Crippen LogP contribution in [0.4, 0.5) is 0 Å². The van der Waals surface area contributed by atoms with Gasteiger partial charge in [0.05, 0.1) is 6.61 Å². The van der Waals surface area contributed by atoms with E-state index in [0.717, 1.165) is 19.4 Å². The maximum Gasteiger partial charge on any atom is 0.117 e. The predicted octanol–water partition coefficient (Wildman–Crippen LogP) is 1.30. The first-order valence-corrected chi connectivity index (χ1v) is 4.52. The van der Waals surface area contributed by atoms with Crippen LogP contribution in [0.5, 0.6) is 0 Å². The Morgan fingerprint density at radius 2 is 2.00 bits per heavy atom. The monoisotopic (exact) mass is 209 g/mol. The molecule has 1 rings (SSSR count). The molecule has 13 heavy (non-hydrogen) atoms. The van der Waals surface area contributed by atoms with E-state index in [1.807, 2.05) is 6.92 Å². The highest BCUT2D eigenvalue weighted by Gasteiger charge is 2.39. The summed E-state index contributed by atoms with van der Waals surface area (Å²) in [7, 11) is 0. The fourth-order valence-electron chi connectivity index (χ4n) is 1.68. The van der Waals surface area contributed by atoms with Gasteiger partial charge in [0.2, 0.25) is 0 Å². The molecule has 1 atom stereocenters. The quantitative estimate of drug-likeness (QED) is 0.736. The standard InChI is InChI=1S/C9H19NO2.ClH/c1-8(2)7-12-9(3,10-8)5-4-6-11;/h10-11H,4-7H2,1-3H3;1H. The van der Waals surface area contributed by atoms with Crippen molar-refractivity contribution in [3.05, 3.63) is 0 Å². The number of halogens is 1. The largest absolute Gasteiger partial charge is 0.396 e. The van der Waals surface area contributed by atoms with Gasteiger partial charge in [0.1, 0.15) is 5.72 Å². The molecule has 0 spiro atoms. The number of aliphatic hydroxyl groups excluding tert-OH is 1. The van der Waals surface area contributed by atoms with Crippen LogP contribution >= 0.6 is 12.4 Å². The van der Waals surface area contributed by atoms with Gasteiger partial charge in [0, 0.05) is 12.1 Å². The molecule has 1 aliphatic heterocycles. The average molecular weight is 210 g/mol. The van der Waals surface area contributed by atoms with Crippen molar-refractivity contribution in [2.24, 2.45) is 0 Å². The Morgan fingerprint density at radius 3 is 2.38 bits per heavy atom. The third-order valence-corrected chi connectivity index (χ3v) is 2.17. The van der Waals surface area contributed by atoms with E-state index in [2.05, 4.69) is 19.2 Å². The highest BCUT2D eigenvalue weighted by molar-refractivity contribution is 5.85. The first-order valence-electron chi connectivity index (χ1n) is 4.52. The third kappa shape index (κ3) is 3.81. The average Bonchev–Trinajstić information content (AvgIpc) is 2.23. The van der Waals surface area contributed by atoms with E-state index in [9.17, 15) is 0 Å². The van der Waals surface area contributed by atoms with Crippen molar-refractivity contribution in [2.45, 2.75) is 44.9 Å². The minimum atomic E-state index is -0.230. The molecular weight excluding hydrogens is 190 g/mol. The van der Waals surface area contributed by atoms with Gasteiger partial charge in [-0.2, -0.15) is 0 Å². The molecule has 1 fully saturated rings. The molecule has 0 saturated carbocycles. The third-order valence-electron chi connectivity index (χ3n) is 2.17. The van der Waals surface area contributed by atoms with Crippen LogP contribution in [0.25, 0.3) is 0 Å². The molecule has 3 nitrogen and oxygen atoms in total. The molecule has 0 aromatic heterocycles. The Hall–Kier alpha value is 0.170. The highest BCUT2D eigenvalue weighted by atomic mass is 35.5. The summed E-state index contributed by atoms with van der Waals surface area (Å²) in [6.45, 7) is 7.27. The second kappa shape index (κ2) is 4.60. The van der Waals surface area contributed by atoms with Gasteiger partial charge in [-0.25, -0.2) is 0 Å². The zero-order chi connectivity index (χ0) is 9.24. The summed E-state index contributed by atoms with van der Waals surface area (Å²) in [5, 5.41) is 12.1. The second-order valence-corrected chi connectivity index (χ2v) is 4.36. The van der Waals surface area contributed by atoms with Gasteiger partial charge in [-0.1, -0.05) is 0 Å². The summed E-state index contributed by atoms with van der Waals surface area (Å²) in [5.41, 5.74) is -0.156. The molecule has 0 aromatic carbocycles. The zero-order valence-corrected chi connectivity index (χ0v) is 9.41. The first kappa shape index (κ1) is 13.2. The molecule has 0 radical (unpaired) electrons. The first-order chi connectivity index (χ1) is 5.47. The minimum Gasteiger partial charge on any atom is -0.396 e. The van der Waals surface area contributed by atoms with Gasteiger partial charge < -0.3 is 9.84 Å². The smallest absolute Gasteiger partial charge is 0.117 e. The maximum absolute atomic E-state index is 8.69. The van der Waals surface area contributed by atoms with Crippen molar-refractivity contribution in [3.63, 3.8) is 0 Å². The summed E-state index contributed by atoms with van der Waals surface area (Å²) in [6, 6.07) is 0. The van der Waals surface area contributed by atoms with Crippen molar-refractivity contribution in [3.8, 4) is 0 Å². The SMILES string of the molecule is CC1(C)COC(C)(CCCO)N1.Cl. The van der Waals surface area contributed by atoms with Crippen LogP contribution in [0.3, 0.4) is 0 Å². The van der Waals surface area contributed by atoms with Crippen molar-refractivity contribution in [1.29, 1.82) is 0 Å². The second-order valence-electron chi connectivity index (χ2n) is 4.36. The molecule has 4 heteroatoms. The topological polar surface area (TPSA) is 41.5 Å². The van der Waals surface area contributed by atoms with Crippen molar-refractivity contribution in [1.82, 2.24) is 5.32 Å². The lowest BCUT2D eigenvalue weighted by Crippen LogP contribution is -2.46. The molecule has 0 aliphatic carbocycles. The molecule has 0 aromatic rings. The van der Waals surface area contributed by atoms with Crippen LogP contribution in [0, 0.1) is 0 Å². The van der Waals surface area contributed by atoms with E-state index >= 15 is 0 Å². The van der Waals surface area contributed by atoms with Gasteiger partial charge in [-0.05, 0) is 33.6 Å². The van der Waals surface area contributed by atoms with Crippen LogP contribution in [0.15, 0.2) is 0 Å². The Balaban J connectivity index is 0.00000144.